The lowest BCUT2D eigenvalue weighted by molar-refractivity contribution is 0.402. The molecule has 0 saturated heterocycles. The summed E-state index contributed by atoms with van der Waals surface area (Å²) >= 11 is 0. The average Bonchev–Trinajstić information content (AvgIpc) is 3.47. The Balaban J connectivity index is 0.000000290. The van der Waals surface area contributed by atoms with Crippen molar-refractivity contribution in [2.24, 2.45) is 0 Å². The van der Waals surface area contributed by atoms with Crippen molar-refractivity contribution in [3.63, 3.8) is 0 Å². The molecule has 1 fully saturated rings. The van der Waals surface area contributed by atoms with Crippen LogP contribution in [0.3, 0.4) is 0 Å². The molecule has 0 atom stereocenters. The van der Waals surface area contributed by atoms with Crippen LogP contribution in [0.4, 0.5) is 11.4 Å². The number of benzene rings is 1. The first-order chi connectivity index (χ1) is 11.8. The van der Waals surface area contributed by atoms with Crippen molar-refractivity contribution in [1.82, 2.24) is 15.3 Å². The molecule has 1 saturated carbocycles. The third kappa shape index (κ3) is 4.00. The van der Waals surface area contributed by atoms with Crippen LogP contribution in [0.1, 0.15) is 12.8 Å². The van der Waals surface area contributed by atoms with E-state index in [1.807, 2.05) is 49.5 Å². The van der Waals surface area contributed by atoms with E-state index in [9.17, 15) is 0 Å². The number of ether oxygens (including phenoxy) is 1. The minimum atomic E-state index is 0.536. The molecule has 5 nitrogen and oxygen atoms in total. The number of rotatable bonds is 4. The first-order valence-corrected chi connectivity index (χ1v) is 8.09. The number of para-hydroxylation sites is 1. The lowest BCUT2D eigenvalue weighted by atomic mass is 10.2. The van der Waals surface area contributed by atoms with E-state index in [-0.39, 0.29) is 0 Å². The number of aromatic nitrogens is 2. The van der Waals surface area contributed by atoms with Crippen LogP contribution in [0.2, 0.25) is 0 Å². The van der Waals surface area contributed by atoms with E-state index in [1.165, 1.54) is 12.8 Å². The van der Waals surface area contributed by atoms with Crippen molar-refractivity contribution >= 4 is 22.3 Å². The van der Waals surface area contributed by atoms with Crippen LogP contribution in [-0.2, 0) is 0 Å². The monoisotopic (exact) mass is 322 g/mol. The Morgan fingerprint density at radius 1 is 1.00 bits per heavy atom. The van der Waals surface area contributed by atoms with Gasteiger partial charge in [0.2, 0.25) is 5.88 Å². The second-order valence-electron chi connectivity index (χ2n) is 5.63. The van der Waals surface area contributed by atoms with Crippen molar-refractivity contribution in [3.8, 4) is 5.88 Å². The second-order valence-corrected chi connectivity index (χ2v) is 5.63. The number of methoxy groups -OCH3 is 1. The summed E-state index contributed by atoms with van der Waals surface area (Å²) in [5.41, 5.74) is 2.77. The van der Waals surface area contributed by atoms with Gasteiger partial charge < -0.3 is 15.4 Å². The normalized spacial score (nSPS) is 13.1. The maximum atomic E-state index is 5.23. The summed E-state index contributed by atoms with van der Waals surface area (Å²) in [6.45, 7) is 0. The van der Waals surface area contributed by atoms with Gasteiger partial charge in [0.25, 0.3) is 0 Å². The van der Waals surface area contributed by atoms with Crippen LogP contribution in [0.25, 0.3) is 10.9 Å². The molecule has 0 spiro atoms. The standard InChI is InChI=1S/C15H13N3O.C4H9N/c1-19-15-14-12(7-9-17-15)13(8-10-16-14)18-11-5-3-2-4-6-11;1-5-4-2-3-4/h2-10H,1H3,(H,16,18);4-5H,2-3H2,1H3. The molecule has 1 aliphatic carbocycles. The van der Waals surface area contributed by atoms with Crippen molar-refractivity contribution in [2.75, 3.05) is 19.5 Å². The molecule has 5 heteroatoms. The zero-order valence-corrected chi connectivity index (χ0v) is 14.0. The highest BCUT2D eigenvalue weighted by molar-refractivity contribution is 5.95. The third-order valence-corrected chi connectivity index (χ3v) is 3.86. The van der Waals surface area contributed by atoms with Gasteiger partial charge in [-0.3, -0.25) is 4.98 Å². The predicted molar refractivity (Wildman–Crippen MR) is 97.9 cm³/mol. The van der Waals surface area contributed by atoms with Gasteiger partial charge in [-0.05, 0) is 44.2 Å². The highest BCUT2D eigenvalue weighted by atomic mass is 16.5. The molecule has 0 unspecified atom stereocenters. The molecule has 2 N–H and O–H groups in total. The molecule has 124 valence electrons. The van der Waals surface area contributed by atoms with Crippen LogP contribution in [0.5, 0.6) is 5.88 Å². The fourth-order valence-corrected chi connectivity index (χ4v) is 2.36. The lowest BCUT2D eigenvalue weighted by Gasteiger charge is -2.10. The molecule has 3 aromatic rings. The highest BCUT2D eigenvalue weighted by Crippen LogP contribution is 2.28. The Labute approximate surface area is 142 Å². The lowest BCUT2D eigenvalue weighted by Crippen LogP contribution is -2.06. The Kier molecular flexibility index (Phi) is 5.23. The Morgan fingerprint density at radius 2 is 1.75 bits per heavy atom. The summed E-state index contributed by atoms with van der Waals surface area (Å²) in [6, 6.07) is 14.8. The van der Waals surface area contributed by atoms with Crippen molar-refractivity contribution < 1.29 is 4.74 Å². The number of hydrogen-bond acceptors (Lipinski definition) is 5. The molecule has 1 aliphatic rings. The van der Waals surface area contributed by atoms with Gasteiger partial charge in [0, 0.05) is 35.2 Å². The zero-order valence-electron chi connectivity index (χ0n) is 14.0. The molecular weight excluding hydrogens is 300 g/mol. The van der Waals surface area contributed by atoms with Gasteiger partial charge >= 0.3 is 0 Å². The fraction of sp³-hybridized carbons (Fsp3) is 0.263. The van der Waals surface area contributed by atoms with E-state index in [0.717, 1.165) is 28.3 Å². The molecular formula is C19H22N4O. The van der Waals surface area contributed by atoms with Gasteiger partial charge in [-0.15, -0.1) is 0 Å². The van der Waals surface area contributed by atoms with E-state index in [0.29, 0.717) is 5.88 Å². The van der Waals surface area contributed by atoms with Gasteiger partial charge in [-0.25, -0.2) is 4.98 Å². The van der Waals surface area contributed by atoms with Crippen molar-refractivity contribution in [3.05, 3.63) is 54.9 Å². The molecule has 0 radical (unpaired) electrons. The molecule has 0 bridgehead atoms. The average molecular weight is 322 g/mol. The molecule has 2 aromatic heterocycles. The number of anilines is 2. The summed E-state index contributed by atoms with van der Waals surface area (Å²) < 4.78 is 5.23. The van der Waals surface area contributed by atoms with E-state index >= 15 is 0 Å². The third-order valence-electron chi connectivity index (χ3n) is 3.86. The molecule has 2 heterocycles. The van der Waals surface area contributed by atoms with E-state index in [2.05, 4.69) is 20.6 Å². The summed E-state index contributed by atoms with van der Waals surface area (Å²) in [6.07, 6.45) is 6.27. The van der Waals surface area contributed by atoms with Crippen molar-refractivity contribution in [2.45, 2.75) is 18.9 Å². The minimum absolute atomic E-state index is 0.536. The number of hydrogen-bond donors (Lipinski definition) is 2. The maximum absolute atomic E-state index is 5.23. The molecule has 1 aromatic carbocycles. The SMILES string of the molecule is CNC1CC1.COc1nccc2c(Nc3ccccc3)ccnc12. The Bertz CT molecular complexity index is 788. The quantitative estimate of drug-likeness (QED) is 0.766. The largest absolute Gasteiger partial charge is 0.479 e. The summed E-state index contributed by atoms with van der Waals surface area (Å²) in [5.74, 6) is 0.536. The van der Waals surface area contributed by atoms with Crippen molar-refractivity contribution in [1.29, 1.82) is 0 Å². The van der Waals surface area contributed by atoms with Crippen LogP contribution < -0.4 is 15.4 Å². The Morgan fingerprint density at radius 3 is 2.38 bits per heavy atom. The van der Waals surface area contributed by atoms with E-state index < -0.39 is 0 Å². The topological polar surface area (TPSA) is 59.1 Å². The number of fused-ring (bicyclic) bond motifs is 1. The highest BCUT2D eigenvalue weighted by Gasteiger charge is 2.17. The molecule has 0 amide bonds. The predicted octanol–water partition coefficient (Wildman–Crippen LogP) is 3.75. The zero-order chi connectivity index (χ0) is 16.8. The fourth-order valence-electron chi connectivity index (χ4n) is 2.36. The van der Waals surface area contributed by atoms with Gasteiger partial charge in [0.1, 0.15) is 5.52 Å². The van der Waals surface area contributed by atoms with Crippen LogP contribution in [0, 0.1) is 0 Å². The molecule has 0 aliphatic heterocycles. The number of pyridine rings is 2. The van der Waals surface area contributed by atoms with Gasteiger partial charge in [-0.1, -0.05) is 18.2 Å². The van der Waals surface area contributed by atoms with Crippen LogP contribution in [-0.4, -0.2) is 30.2 Å². The van der Waals surface area contributed by atoms with Gasteiger partial charge in [0.05, 0.1) is 7.11 Å². The Hall–Kier alpha value is -2.66. The summed E-state index contributed by atoms with van der Waals surface area (Å²) in [4.78, 5) is 8.49. The van der Waals surface area contributed by atoms with Gasteiger partial charge in [0.15, 0.2) is 0 Å². The first kappa shape index (κ1) is 16.2. The summed E-state index contributed by atoms with van der Waals surface area (Å²) in [5, 5.41) is 7.50. The molecule has 24 heavy (non-hydrogen) atoms. The van der Waals surface area contributed by atoms with E-state index in [4.69, 9.17) is 4.74 Å². The molecule has 4 rings (SSSR count). The maximum Gasteiger partial charge on any atom is 0.240 e. The minimum Gasteiger partial charge on any atom is -0.479 e. The second kappa shape index (κ2) is 7.75. The van der Waals surface area contributed by atoms with E-state index in [1.54, 1.807) is 19.5 Å². The van der Waals surface area contributed by atoms with Crippen LogP contribution >= 0.6 is 0 Å². The smallest absolute Gasteiger partial charge is 0.240 e. The number of nitrogens with zero attached hydrogens (tertiary/aromatic N) is 2. The number of nitrogens with one attached hydrogen (secondary N) is 2. The van der Waals surface area contributed by atoms with Crippen LogP contribution in [0.15, 0.2) is 54.9 Å². The summed E-state index contributed by atoms with van der Waals surface area (Å²) in [7, 11) is 3.61. The van der Waals surface area contributed by atoms with Gasteiger partial charge in [-0.2, -0.15) is 0 Å². The first-order valence-electron chi connectivity index (χ1n) is 8.09.